The van der Waals surface area contributed by atoms with E-state index in [4.69, 9.17) is 9.47 Å². The third-order valence-corrected chi connectivity index (χ3v) is 4.62. The van der Waals surface area contributed by atoms with E-state index in [9.17, 15) is 9.90 Å². The molecule has 1 aromatic carbocycles. The summed E-state index contributed by atoms with van der Waals surface area (Å²) in [6, 6.07) is 5.61. The quantitative estimate of drug-likeness (QED) is 0.718. The molecule has 0 aromatic heterocycles. The number of ether oxygens (including phenoxy) is 2. The molecule has 6 heteroatoms. The minimum absolute atomic E-state index is 0.234. The van der Waals surface area contributed by atoms with Gasteiger partial charge < -0.3 is 19.5 Å². The Bertz CT molecular complexity index is 661. The van der Waals surface area contributed by atoms with Crippen molar-refractivity contribution in [2.24, 2.45) is 0 Å². The van der Waals surface area contributed by atoms with Gasteiger partial charge in [-0.1, -0.05) is 24.3 Å². The van der Waals surface area contributed by atoms with Gasteiger partial charge in [0.25, 0.3) is 5.91 Å². The Hall–Kier alpha value is -2.05. The summed E-state index contributed by atoms with van der Waals surface area (Å²) in [6.07, 6.45) is 1.23. The Morgan fingerprint density at radius 3 is 2.73 bits per heavy atom. The first kappa shape index (κ1) is 20.3. The summed E-state index contributed by atoms with van der Waals surface area (Å²) in [5, 5.41) is 11.0. The molecule has 1 aliphatic heterocycles. The predicted molar refractivity (Wildman–Crippen MR) is 101 cm³/mol. The lowest BCUT2D eigenvalue weighted by Gasteiger charge is -2.40. The first-order chi connectivity index (χ1) is 12.3. The zero-order valence-electron chi connectivity index (χ0n) is 16.2. The van der Waals surface area contributed by atoms with Crippen molar-refractivity contribution in [2.75, 3.05) is 40.9 Å². The predicted octanol–water partition coefficient (Wildman–Crippen LogP) is 2.07. The van der Waals surface area contributed by atoms with Crippen LogP contribution in [0.4, 0.5) is 0 Å². The summed E-state index contributed by atoms with van der Waals surface area (Å²) in [6.45, 7) is 7.77. The molecule has 1 N–H and O–H groups in total. The Balaban J connectivity index is 2.16. The molecule has 1 aliphatic rings. The molecule has 1 heterocycles. The Morgan fingerprint density at radius 2 is 2.12 bits per heavy atom. The second-order valence-corrected chi connectivity index (χ2v) is 7.14. The molecule has 1 saturated heterocycles. The lowest BCUT2D eigenvalue weighted by Crippen LogP contribution is -2.58. The molecule has 1 aromatic rings. The lowest BCUT2D eigenvalue weighted by atomic mass is 9.90. The van der Waals surface area contributed by atoms with Crippen molar-refractivity contribution in [3.8, 4) is 11.5 Å². The molecule has 0 saturated carbocycles. The van der Waals surface area contributed by atoms with Gasteiger partial charge in [0.05, 0.1) is 14.2 Å². The van der Waals surface area contributed by atoms with Gasteiger partial charge in [-0.05, 0) is 32.9 Å². The first-order valence-corrected chi connectivity index (χ1v) is 8.85. The van der Waals surface area contributed by atoms with E-state index in [-0.39, 0.29) is 5.91 Å². The standard InChI is InChI=1S/C20H30N2O4/c1-15(2)12-21(3)14-20(24)10-7-11-22(19(20)23)13-16-8-6-9-17(25-4)18(16)26-5/h6,8-9,24H,1,7,10-14H2,2-5H3/t20-/m0/s1. The number of para-hydroxylation sites is 1. The Kier molecular flexibility index (Phi) is 6.67. The highest BCUT2D eigenvalue weighted by Crippen LogP contribution is 2.33. The molecule has 26 heavy (non-hydrogen) atoms. The van der Waals surface area contributed by atoms with Crippen molar-refractivity contribution < 1.29 is 19.4 Å². The summed E-state index contributed by atoms with van der Waals surface area (Å²) < 4.78 is 10.8. The van der Waals surface area contributed by atoms with Crippen molar-refractivity contribution in [2.45, 2.75) is 31.9 Å². The molecule has 1 fully saturated rings. The van der Waals surface area contributed by atoms with Crippen molar-refractivity contribution in [3.63, 3.8) is 0 Å². The van der Waals surface area contributed by atoms with Crippen LogP contribution in [0, 0.1) is 0 Å². The van der Waals surface area contributed by atoms with Gasteiger partial charge in [-0.25, -0.2) is 0 Å². The molecule has 0 bridgehead atoms. The van der Waals surface area contributed by atoms with Gasteiger partial charge in [0.15, 0.2) is 17.1 Å². The number of likely N-dealkylation sites (tertiary alicyclic amines) is 1. The number of nitrogens with zero attached hydrogens (tertiary/aromatic N) is 2. The average Bonchev–Trinajstić information content (AvgIpc) is 2.57. The molecule has 0 radical (unpaired) electrons. The minimum Gasteiger partial charge on any atom is -0.493 e. The van der Waals surface area contributed by atoms with Gasteiger partial charge >= 0.3 is 0 Å². The number of likely N-dealkylation sites (N-methyl/N-ethyl adjacent to an activating group) is 1. The van der Waals surface area contributed by atoms with Crippen LogP contribution in [0.15, 0.2) is 30.4 Å². The normalized spacial score (nSPS) is 20.4. The van der Waals surface area contributed by atoms with Crippen LogP contribution >= 0.6 is 0 Å². The van der Waals surface area contributed by atoms with E-state index in [0.717, 1.165) is 17.6 Å². The third-order valence-electron chi connectivity index (χ3n) is 4.62. The van der Waals surface area contributed by atoms with Gasteiger partial charge in [0.2, 0.25) is 0 Å². The third kappa shape index (κ3) is 4.56. The molecule has 1 amide bonds. The fourth-order valence-electron chi connectivity index (χ4n) is 3.61. The van der Waals surface area contributed by atoms with Crippen molar-refractivity contribution >= 4 is 5.91 Å². The van der Waals surface area contributed by atoms with E-state index in [0.29, 0.717) is 44.1 Å². The Morgan fingerprint density at radius 1 is 1.38 bits per heavy atom. The van der Waals surface area contributed by atoms with Crippen molar-refractivity contribution in [3.05, 3.63) is 35.9 Å². The van der Waals surface area contributed by atoms with Crippen LogP contribution in [0.3, 0.4) is 0 Å². The number of methoxy groups -OCH3 is 2. The molecular formula is C20H30N2O4. The van der Waals surface area contributed by atoms with Gasteiger partial charge in [0, 0.05) is 31.7 Å². The van der Waals surface area contributed by atoms with E-state index in [1.54, 1.807) is 19.1 Å². The average molecular weight is 362 g/mol. The monoisotopic (exact) mass is 362 g/mol. The molecule has 2 rings (SSSR count). The molecule has 1 atom stereocenters. The number of hydrogen-bond acceptors (Lipinski definition) is 5. The summed E-state index contributed by atoms with van der Waals surface area (Å²) in [5.41, 5.74) is 0.492. The SMILES string of the molecule is C=C(C)CN(C)C[C@@]1(O)CCCN(Cc2cccc(OC)c2OC)C1=O. The number of aliphatic hydroxyl groups is 1. The zero-order valence-corrected chi connectivity index (χ0v) is 16.2. The maximum absolute atomic E-state index is 13.0. The van der Waals surface area contributed by atoms with Crippen LogP contribution in [0.5, 0.6) is 11.5 Å². The number of carbonyl (C=O) groups is 1. The van der Waals surface area contributed by atoms with Crippen molar-refractivity contribution in [1.82, 2.24) is 9.80 Å². The van der Waals surface area contributed by atoms with Gasteiger partial charge in [-0.3, -0.25) is 9.69 Å². The van der Waals surface area contributed by atoms with E-state index in [2.05, 4.69) is 6.58 Å². The molecule has 0 spiro atoms. The van der Waals surface area contributed by atoms with E-state index in [1.807, 2.05) is 37.1 Å². The topological polar surface area (TPSA) is 62.2 Å². The Labute approximate surface area is 156 Å². The smallest absolute Gasteiger partial charge is 0.256 e. The summed E-state index contributed by atoms with van der Waals surface area (Å²) in [4.78, 5) is 16.6. The molecular weight excluding hydrogens is 332 g/mol. The highest BCUT2D eigenvalue weighted by atomic mass is 16.5. The van der Waals surface area contributed by atoms with Crippen LogP contribution in [-0.2, 0) is 11.3 Å². The summed E-state index contributed by atoms with van der Waals surface area (Å²) >= 11 is 0. The molecule has 0 aliphatic carbocycles. The van der Waals surface area contributed by atoms with Gasteiger partial charge in [0.1, 0.15) is 0 Å². The number of benzene rings is 1. The summed E-state index contributed by atoms with van der Waals surface area (Å²) in [7, 11) is 5.07. The van der Waals surface area contributed by atoms with Crippen LogP contribution in [0.1, 0.15) is 25.3 Å². The van der Waals surface area contributed by atoms with Crippen LogP contribution in [-0.4, -0.2) is 67.3 Å². The zero-order chi connectivity index (χ0) is 19.3. The van der Waals surface area contributed by atoms with Gasteiger partial charge in [-0.2, -0.15) is 0 Å². The highest BCUT2D eigenvalue weighted by molar-refractivity contribution is 5.86. The largest absolute Gasteiger partial charge is 0.493 e. The minimum atomic E-state index is -1.37. The van der Waals surface area contributed by atoms with Crippen LogP contribution < -0.4 is 9.47 Å². The maximum Gasteiger partial charge on any atom is 0.256 e. The highest BCUT2D eigenvalue weighted by Gasteiger charge is 2.43. The van der Waals surface area contributed by atoms with Crippen LogP contribution in [0.25, 0.3) is 0 Å². The van der Waals surface area contributed by atoms with Crippen LogP contribution in [0.2, 0.25) is 0 Å². The lowest BCUT2D eigenvalue weighted by molar-refractivity contribution is -0.159. The second-order valence-electron chi connectivity index (χ2n) is 7.14. The molecule has 0 unspecified atom stereocenters. The maximum atomic E-state index is 13.0. The van der Waals surface area contributed by atoms with E-state index < -0.39 is 5.60 Å². The molecule has 6 nitrogen and oxygen atoms in total. The molecule has 144 valence electrons. The second kappa shape index (κ2) is 8.56. The fourth-order valence-corrected chi connectivity index (χ4v) is 3.61. The number of hydrogen-bond donors (Lipinski definition) is 1. The number of amides is 1. The van der Waals surface area contributed by atoms with E-state index >= 15 is 0 Å². The fraction of sp³-hybridized carbons (Fsp3) is 0.550. The van der Waals surface area contributed by atoms with Gasteiger partial charge in [-0.15, -0.1) is 0 Å². The van der Waals surface area contributed by atoms with E-state index in [1.165, 1.54) is 0 Å². The van der Waals surface area contributed by atoms with Crippen molar-refractivity contribution in [1.29, 1.82) is 0 Å². The number of rotatable bonds is 8. The number of carbonyl (C=O) groups excluding carboxylic acids is 1. The first-order valence-electron chi connectivity index (χ1n) is 8.85. The number of piperidine rings is 1. The summed E-state index contributed by atoms with van der Waals surface area (Å²) in [5.74, 6) is 1.02.